The van der Waals surface area contributed by atoms with E-state index in [2.05, 4.69) is 55.6 Å². The minimum Gasteiger partial charge on any atom is -0.394 e. The highest BCUT2D eigenvalue weighted by atomic mass is 16.7. The first-order valence-corrected chi connectivity index (χ1v) is 25.2. The van der Waals surface area contributed by atoms with Crippen molar-refractivity contribution < 1.29 is 39.8 Å². The van der Waals surface area contributed by atoms with E-state index < -0.39 is 49.5 Å². The maximum Gasteiger partial charge on any atom is 0.220 e. The number of carbonyl (C=O) groups is 1. The van der Waals surface area contributed by atoms with Crippen molar-refractivity contribution in [3.05, 3.63) is 36.5 Å². The average molecular weight is 850 g/mol. The summed E-state index contributed by atoms with van der Waals surface area (Å²) in [7, 11) is 0. The van der Waals surface area contributed by atoms with Crippen molar-refractivity contribution in [1.82, 2.24) is 5.32 Å². The van der Waals surface area contributed by atoms with Gasteiger partial charge in [-0.05, 0) is 44.9 Å². The zero-order valence-electron chi connectivity index (χ0n) is 38.7. The van der Waals surface area contributed by atoms with Crippen molar-refractivity contribution in [3.8, 4) is 0 Å². The summed E-state index contributed by atoms with van der Waals surface area (Å²) >= 11 is 0. The lowest BCUT2D eigenvalue weighted by Crippen LogP contribution is -2.60. The molecule has 60 heavy (non-hydrogen) atoms. The van der Waals surface area contributed by atoms with Gasteiger partial charge in [0.05, 0.1) is 25.4 Å². The van der Waals surface area contributed by atoms with Gasteiger partial charge in [0.1, 0.15) is 24.4 Å². The number of allylic oxidation sites excluding steroid dienone is 6. The molecule has 0 spiro atoms. The third-order valence-corrected chi connectivity index (χ3v) is 12.0. The molecule has 9 heteroatoms. The van der Waals surface area contributed by atoms with Crippen LogP contribution in [0.15, 0.2) is 36.5 Å². The van der Waals surface area contributed by atoms with Gasteiger partial charge in [0.2, 0.25) is 5.91 Å². The summed E-state index contributed by atoms with van der Waals surface area (Å²) in [4.78, 5) is 13.0. The first kappa shape index (κ1) is 56.4. The SMILES string of the molecule is CC/C=C\C/C=C\C/C=C\CCCCCCCCCC(=O)NC(COC1OC(CO)C(O)C(O)C1O)C(O)CCCCCCCCCCCCCCCCCCCCCC. The van der Waals surface area contributed by atoms with E-state index >= 15 is 0 Å². The van der Waals surface area contributed by atoms with Gasteiger partial charge in [0.25, 0.3) is 0 Å². The Bertz CT molecular complexity index is 1030. The highest BCUT2D eigenvalue weighted by Crippen LogP contribution is 2.23. The van der Waals surface area contributed by atoms with Crippen LogP contribution >= 0.6 is 0 Å². The molecule has 0 aliphatic carbocycles. The minimum atomic E-state index is -1.55. The van der Waals surface area contributed by atoms with Gasteiger partial charge in [-0.25, -0.2) is 0 Å². The fourth-order valence-electron chi connectivity index (χ4n) is 8.00. The second-order valence-corrected chi connectivity index (χ2v) is 17.6. The summed E-state index contributed by atoms with van der Waals surface area (Å²) in [6.45, 7) is 3.73. The van der Waals surface area contributed by atoms with E-state index in [0.717, 1.165) is 70.6 Å². The molecule has 1 saturated heterocycles. The highest BCUT2D eigenvalue weighted by Gasteiger charge is 2.44. The third kappa shape index (κ3) is 31.3. The van der Waals surface area contributed by atoms with Crippen LogP contribution in [0.25, 0.3) is 0 Å². The van der Waals surface area contributed by atoms with Gasteiger partial charge in [-0.3, -0.25) is 4.79 Å². The van der Waals surface area contributed by atoms with Crippen LogP contribution < -0.4 is 5.32 Å². The largest absolute Gasteiger partial charge is 0.394 e. The molecular formula is C51H95NO8. The summed E-state index contributed by atoms with van der Waals surface area (Å²) in [6, 6.07) is -0.724. The van der Waals surface area contributed by atoms with E-state index in [1.807, 2.05) is 0 Å². The lowest BCUT2D eigenvalue weighted by atomic mass is 9.99. The van der Waals surface area contributed by atoms with E-state index in [1.165, 1.54) is 128 Å². The molecule has 1 amide bonds. The van der Waals surface area contributed by atoms with E-state index in [0.29, 0.717) is 12.8 Å². The van der Waals surface area contributed by atoms with Crippen LogP contribution in [0.1, 0.15) is 226 Å². The Hall–Kier alpha value is -1.59. The standard InChI is InChI=1S/C51H95NO8/c1-3-5-7-9-11-13-15-17-19-21-22-23-25-26-28-30-32-34-36-38-40-45(54)44(43-59-51-50(58)49(57)48(56)46(42-53)60-51)52-47(55)41-39-37-35-33-31-29-27-24-20-18-16-14-12-10-8-6-4-2/h6,8,12,14,18,20,44-46,48-51,53-54,56-58H,3-5,7,9-11,13,15-17,19,21-43H2,1-2H3,(H,52,55)/b8-6-,14-12-,20-18-. The lowest BCUT2D eigenvalue weighted by molar-refractivity contribution is -0.302. The summed E-state index contributed by atoms with van der Waals surface area (Å²) in [5.74, 6) is -0.154. The van der Waals surface area contributed by atoms with Gasteiger partial charge in [-0.15, -0.1) is 0 Å². The first-order valence-electron chi connectivity index (χ1n) is 25.2. The molecule has 7 unspecified atom stereocenters. The van der Waals surface area contributed by atoms with Crippen LogP contribution in [0.2, 0.25) is 0 Å². The summed E-state index contributed by atoms with van der Waals surface area (Å²) in [5.41, 5.74) is 0. The molecule has 9 nitrogen and oxygen atoms in total. The van der Waals surface area contributed by atoms with Crippen LogP contribution in [0.5, 0.6) is 0 Å². The second-order valence-electron chi connectivity index (χ2n) is 17.6. The summed E-state index contributed by atoms with van der Waals surface area (Å²) < 4.78 is 11.3. The molecule has 1 aliphatic heterocycles. The molecule has 1 aliphatic rings. The summed E-state index contributed by atoms with van der Waals surface area (Å²) in [5, 5.41) is 54.5. The number of ether oxygens (including phenoxy) is 2. The van der Waals surface area contributed by atoms with Gasteiger partial charge in [-0.2, -0.15) is 0 Å². The van der Waals surface area contributed by atoms with E-state index in [9.17, 15) is 30.3 Å². The van der Waals surface area contributed by atoms with Crippen molar-refractivity contribution >= 4 is 5.91 Å². The predicted octanol–water partition coefficient (Wildman–Crippen LogP) is 11.2. The summed E-state index contributed by atoms with van der Waals surface area (Å²) in [6.07, 6.45) is 44.4. The fraction of sp³-hybridized carbons (Fsp3) is 0.863. The maximum atomic E-state index is 13.0. The molecule has 1 heterocycles. The predicted molar refractivity (Wildman–Crippen MR) is 249 cm³/mol. The van der Waals surface area contributed by atoms with E-state index in [1.54, 1.807) is 0 Å². The molecule has 6 N–H and O–H groups in total. The Morgan fingerprint density at radius 2 is 1.03 bits per heavy atom. The van der Waals surface area contributed by atoms with E-state index in [-0.39, 0.29) is 12.5 Å². The number of carbonyl (C=O) groups excluding carboxylic acids is 1. The lowest BCUT2D eigenvalue weighted by Gasteiger charge is -2.40. The quantitative estimate of drug-likeness (QED) is 0.0263. The normalized spacial score (nSPS) is 20.8. The highest BCUT2D eigenvalue weighted by molar-refractivity contribution is 5.76. The van der Waals surface area contributed by atoms with Gasteiger partial charge < -0.3 is 40.3 Å². The number of hydrogen-bond acceptors (Lipinski definition) is 8. The molecule has 0 saturated carbocycles. The van der Waals surface area contributed by atoms with Gasteiger partial charge in [0.15, 0.2) is 6.29 Å². The first-order chi connectivity index (χ1) is 29.3. The Labute approximate surface area is 368 Å². The number of aliphatic hydroxyl groups excluding tert-OH is 5. The number of hydrogen-bond donors (Lipinski definition) is 6. The van der Waals surface area contributed by atoms with Crippen molar-refractivity contribution in [2.24, 2.45) is 0 Å². The van der Waals surface area contributed by atoms with Crippen molar-refractivity contribution in [1.29, 1.82) is 0 Å². The Morgan fingerprint density at radius 3 is 1.53 bits per heavy atom. The number of nitrogens with one attached hydrogen (secondary N) is 1. The van der Waals surface area contributed by atoms with Crippen LogP contribution in [-0.2, 0) is 14.3 Å². The zero-order valence-corrected chi connectivity index (χ0v) is 38.7. The molecule has 352 valence electrons. The molecule has 0 bridgehead atoms. The Morgan fingerprint density at radius 1 is 0.583 bits per heavy atom. The van der Waals surface area contributed by atoms with Crippen LogP contribution in [0, 0.1) is 0 Å². The molecule has 0 aromatic rings. The molecular weight excluding hydrogens is 755 g/mol. The fourth-order valence-corrected chi connectivity index (χ4v) is 8.00. The molecule has 1 rings (SSSR count). The number of amides is 1. The van der Waals surface area contributed by atoms with E-state index in [4.69, 9.17) is 9.47 Å². The number of rotatable bonds is 42. The average Bonchev–Trinajstić information content (AvgIpc) is 3.25. The monoisotopic (exact) mass is 850 g/mol. The van der Waals surface area contributed by atoms with Gasteiger partial charge in [-0.1, -0.05) is 211 Å². The number of aliphatic hydroxyl groups is 5. The molecule has 7 atom stereocenters. The zero-order chi connectivity index (χ0) is 43.7. The minimum absolute atomic E-state index is 0.142. The maximum absolute atomic E-state index is 13.0. The Balaban J connectivity index is 2.28. The second kappa shape index (κ2) is 41.4. The molecule has 0 radical (unpaired) electrons. The Kier molecular flexibility index (Phi) is 39.0. The van der Waals surface area contributed by atoms with Crippen molar-refractivity contribution in [3.63, 3.8) is 0 Å². The molecule has 0 aromatic carbocycles. The smallest absolute Gasteiger partial charge is 0.220 e. The van der Waals surface area contributed by atoms with Crippen molar-refractivity contribution in [2.45, 2.75) is 269 Å². The third-order valence-electron chi connectivity index (χ3n) is 12.0. The van der Waals surface area contributed by atoms with Crippen LogP contribution in [-0.4, -0.2) is 87.5 Å². The van der Waals surface area contributed by atoms with Crippen LogP contribution in [0.3, 0.4) is 0 Å². The molecule has 0 aromatic heterocycles. The van der Waals surface area contributed by atoms with Gasteiger partial charge >= 0.3 is 0 Å². The topological polar surface area (TPSA) is 149 Å². The van der Waals surface area contributed by atoms with Gasteiger partial charge in [0, 0.05) is 6.42 Å². The molecule has 1 fully saturated rings. The van der Waals surface area contributed by atoms with Crippen LogP contribution in [0.4, 0.5) is 0 Å². The number of unbranched alkanes of at least 4 members (excludes halogenated alkanes) is 26. The van der Waals surface area contributed by atoms with Crippen molar-refractivity contribution in [2.75, 3.05) is 13.2 Å².